The van der Waals surface area contributed by atoms with Crippen molar-refractivity contribution in [3.8, 4) is 0 Å². The molecular formula is C24H28P2. The molecule has 26 heavy (non-hydrogen) atoms. The molecule has 0 saturated heterocycles. The number of rotatable bonds is 9. The van der Waals surface area contributed by atoms with Crippen molar-refractivity contribution in [1.29, 1.82) is 0 Å². The molecule has 0 aliphatic rings. The minimum atomic E-state index is -0.342. The maximum absolute atomic E-state index is 2.33. The summed E-state index contributed by atoms with van der Waals surface area (Å²) in [6, 6.07) is 33.5. The average Bonchev–Trinajstić information content (AvgIpc) is 2.71. The molecular weight excluding hydrogens is 350 g/mol. The lowest BCUT2D eigenvalue weighted by atomic mass is 10.2. The van der Waals surface area contributed by atoms with Crippen LogP contribution in [0.15, 0.2) is 91.0 Å². The Hall–Kier alpha value is -1.48. The monoisotopic (exact) mass is 378 g/mol. The summed E-state index contributed by atoms with van der Waals surface area (Å²) in [6.07, 6.45) is 5.27. The average molecular weight is 378 g/mol. The van der Waals surface area contributed by atoms with E-state index >= 15 is 0 Å². The normalized spacial score (nSPS) is 12.7. The van der Waals surface area contributed by atoms with Gasteiger partial charge < -0.3 is 0 Å². The molecule has 0 aliphatic carbocycles. The largest absolute Gasteiger partial charge is 0.0822 e. The van der Waals surface area contributed by atoms with Gasteiger partial charge in [0.1, 0.15) is 0 Å². The highest BCUT2D eigenvalue weighted by Crippen LogP contribution is 2.50. The van der Waals surface area contributed by atoms with Gasteiger partial charge in [-0.15, -0.1) is 0 Å². The summed E-state index contributed by atoms with van der Waals surface area (Å²) in [5.74, 6) is 0. The molecule has 0 heterocycles. The topological polar surface area (TPSA) is 0 Å². The fourth-order valence-corrected chi connectivity index (χ4v) is 8.69. The summed E-state index contributed by atoms with van der Waals surface area (Å²) in [5, 5.41) is 5.23. The van der Waals surface area contributed by atoms with E-state index in [-0.39, 0.29) is 7.92 Å². The second-order valence-corrected chi connectivity index (χ2v) is 11.0. The Morgan fingerprint density at radius 1 is 0.692 bits per heavy atom. The van der Waals surface area contributed by atoms with Crippen LogP contribution in [0.25, 0.3) is 0 Å². The van der Waals surface area contributed by atoms with E-state index in [0.29, 0.717) is 5.40 Å². The molecule has 0 amide bonds. The number of hydrogen-bond acceptors (Lipinski definition) is 0. The van der Waals surface area contributed by atoms with Crippen LogP contribution in [-0.2, 0) is 0 Å². The highest BCUT2D eigenvalue weighted by atomic mass is 31.2. The Morgan fingerprint density at radius 2 is 1.19 bits per heavy atom. The summed E-state index contributed by atoms with van der Waals surface area (Å²) >= 11 is 0. The van der Waals surface area contributed by atoms with Gasteiger partial charge in [0.15, 0.2) is 0 Å². The fourth-order valence-electron chi connectivity index (χ4n) is 3.27. The second-order valence-electron chi connectivity index (χ2n) is 6.56. The minimum Gasteiger partial charge on any atom is -0.0822 e. The van der Waals surface area contributed by atoms with Crippen LogP contribution in [0, 0.1) is 0 Å². The maximum Gasteiger partial charge on any atom is 0.00872 e. The van der Waals surface area contributed by atoms with Gasteiger partial charge >= 0.3 is 0 Å². The quantitative estimate of drug-likeness (QED) is 0.315. The Morgan fingerprint density at radius 3 is 1.69 bits per heavy atom. The molecule has 0 aliphatic heterocycles. The summed E-state index contributed by atoms with van der Waals surface area (Å²) in [6.45, 7) is 2.30. The Balaban J connectivity index is 1.94. The van der Waals surface area contributed by atoms with E-state index in [2.05, 4.69) is 97.9 Å². The van der Waals surface area contributed by atoms with Crippen LogP contribution in [0.2, 0.25) is 0 Å². The van der Waals surface area contributed by atoms with Gasteiger partial charge in [0.2, 0.25) is 0 Å². The van der Waals surface area contributed by atoms with Crippen molar-refractivity contribution in [3.05, 3.63) is 91.0 Å². The number of benzene rings is 3. The molecule has 3 aromatic rings. The van der Waals surface area contributed by atoms with E-state index in [9.17, 15) is 0 Å². The summed E-state index contributed by atoms with van der Waals surface area (Å²) in [4.78, 5) is 0. The number of unbranched alkanes of at least 4 members (excludes halogenated alkanes) is 2. The van der Waals surface area contributed by atoms with Crippen molar-refractivity contribution >= 4 is 32.4 Å². The Labute approximate surface area is 161 Å². The molecule has 0 fully saturated rings. The third-order valence-electron chi connectivity index (χ3n) is 4.57. The van der Waals surface area contributed by atoms with Gasteiger partial charge in [0, 0.05) is 5.40 Å². The van der Waals surface area contributed by atoms with Crippen molar-refractivity contribution in [2.75, 3.05) is 0 Å². The second kappa shape index (κ2) is 10.6. The first kappa shape index (κ1) is 19.3. The highest BCUT2D eigenvalue weighted by Gasteiger charge is 2.24. The van der Waals surface area contributed by atoms with E-state index in [1.54, 1.807) is 0 Å². The lowest BCUT2D eigenvalue weighted by molar-refractivity contribution is 0.695. The molecule has 0 saturated carbocycles. The van der Waals surface area contributed by atoms with Crippen LogP contribution in [0.5, 0.6) is 0 Å². The maximum atomic E-state index is 2.33. The van der Waals surface area contributed by atoms with E-state index < -0.39 is 0 Å². The zero-order chi connectivity index (χ0) is 18.0. The fraction of sp³-hybridized carbons (Fsp3) is 0.250. The van der Waals surface area contributed by atoms with Crippen LogP contribution in [0.1, 0.15) is 32.6 Å². The third kappa shape index (κ3) is 5.51. The first-order chi connectivity index (χ1) is 12.9. The van der Waals surface area contributed by atoms with Crippen molar-refractivity contribution < 1.29 is 0 Å². The molecule has 134 valence electrons. The van der Waals surface area contributed by atoms with Gasteiger partial charge in [0.05, 0.1) is 0 Å². The molecule has 3 rings (SSSR count). The van der Waals surface area contributed by atoms with Gasteiger partial charge in [-0.1, -0.05) is 126 Å². The smallest absolute Gasteiger partial charge is 0.00872 e. The first-order valence-corrected chi connectivity index (χ1v) is 12.1. The van der Waals surface area contributed by atoms with Gasteiger partial charge in [-0.05, 0) is 30.3 Å². The van der Waals surface area contributed by atoms with Crippen LogP contribution < -0.4 is 15.9 Å². The lowest BCUT2D eigenvalue weighted by Crippen LogP contribution is -2.20. The van der Waals surface area contributed by atoms with Crippen LogP contribution in [-0.4, -0.2) is 5.40 Å². The molecule has 0 aromatic heterocycles. The van der Waals surface area contributed by atoms with Gasteiger partial charge in [0.25, 0.3) is 0 Å². The molecule has 2 heteroatoms. The zero-order valence-corrected chi connectivity index (χ0v) is 17.4. The number of hydrogen-bond donors (Lipinski definition) is 0. The Bertz CT molecular complexity index is 701. The van der Waals surface area contributed by atoms with Crippen molar-refractivity contribution in [3.63, 3.8) is 0 Å². The predicted molar refractivity (Wildman–Crippen MR) is 121 cm³/mol. The molecule has 0 radical (unpaired) electrons. The van der Waals surface area contributed by atoms with E-state index in [1.165, 1.54) is 41.6 Å². The van der Waals surface area contributed by atoms with Crippen molar-refractivity contribution in [1.82, 2.24) is 0 Å². The van der Waals surface area contributed by atoms with Gasteiger partial charge in [-0.2, -0.15) is 0 Å². The SMILES string of the molecule is CCCCCC(Pc1ccccc1)P(c1ccccc1)c1ccccc1. The minimum absolute atomic E-state index is 0.342. The predicted octanol–water partition coefficient (Wildman–Crippen LogP) is 6.03. The van der Waals surface area contributed by atoms with Crippen molar-refractivity contribution in [2.24, 2.45) is 0 Å². The molecule has 3 aromatic carbocycles. The van der Waals surface area contributed by atoms with E-state index in [0.717, 1.165) is 8.58 Å². The molecule has 2 atom stereocenters. The van der Waals surface area contributed by atoms with Gasteiger partial charge in [-0.3, -0.25) is 0 Å². The van der Waals surface area contributed by atoms with Gasteiger partial charge in [-0.25, -0.2) is 0 Å². The van der Waals surface area contributed by atoms with Crippen LogP contribution in [0.3, 0.4) is 0 Å². The summed E-state index contributed by atoms with van der Waals surface area (Å²) in [5.41, 5.74) is 0. The third-order valence-corrected chi connectivity index (χ3v) is 9.61. The van der Waals surface area contributed by atoms with E-state index in [1.807, 2.05) is 0 Å². The van der Waals surface area contributed by atoms with Crippen LogP contribution in [0.4, 0.5) is 0 Å². The summed E-state index contributed by atoms with van der Waals surface area (Å²) < 4.78 is 0. The molecule has 2 unspecified atom stereocenters. The molecule has 0 bridgehead atoms. The molecule has 0 spiro atoms. The standard InChI is InChI=1S/C24H28P2/c1-2-3-7-20-24(25-21-14-8-4-9-15-21)26(22-16-10-5-11-17-22)23-18-12-6-13-19-23/h4-6,8-19,24-25H,2-3,7,20H2,1H3. The summed E-state index contributed by atoms with van der Waals surface area (Å²) in [7, 11) is 0.525. The zero-order valence-electron chi connectivity index (χ0n) is 15.5. The first-order valence-electron chi connectivity index (χ1n) is 9.59. The van der Waals surface area contributed by atoms with Crippen molar-refractivity contribution in [2.45, 2.75) is 38.0 Å². The van der Waals surface area contributed by atoms with E-state index in [4.69, 9.17) is 0 Å². The molecule has 0 N–H and O–H groups in total. The highest BCUT2D eigenvalue weighted by molar-refractivity contribution is 7.81. The molecule has 0 nitrogen and oxygen atoms in total. The Kier molecular flexibility index (Phi) is 7.87. The lowest BCUT2D eigenvalue weighted by Gasteiger charge is -2.29. The van der Waals surface area contributed by atoms with Crippen LogP contribution >= 0.6 is 16.5 Å².